The van der Waals surface area contributed by atoms with E-state index in [-0.39, 0.29) is 11.5 Å². The molecule has 0 bridgehead atoms. The molecule has 20 heavy (non-hydrogen) atoms. The molecule has 1 atom stereocenters. The standard InChI is InChI=1S/C14H14N2O3S/c1-10(16)12(7-15)13(17)8-19-14(18)9-20-11-5-3-2-4-6-11/h2-6,12,16H,8-9H2,1H3. The summed E-state index contributed by atoms with van der Waals surface area (Å²) in [5.74, 6) is -2.13. The molecule has 0 amide bonds. The number of ether oxygens (including phenoxy) is 1. The van der Waals surface area contributed by atoms with Crippen molar-refractivity contribution in [3.63, 3.8) is 0 Å². The quantitative estimate of drug-likeness (QED) is 0.471. The third-order valence-electron chi connectivity index (χ3n) is 2.36. The zero-order valence-electron chi connectivity index (χ0n) is 11.0. The molecule has 0 aliphatic carbocycles. The van der Waals surface area contributed by atoms with Crippen LogP contribution in [-0.2, 0) is 14.3 Å². The third kappa shape index (κ3) is 5.24. The second kappa shape index (κ2) is 8.12. The van der Waals surface area contributed by atoms with Crippen molar-refractivity contribution in [2.24, 2.45) is 5.92 Å². The van der Waals surface area contributed by atoms with Gasteiger partial charge >= 0.3 is 5.97 Å². The van der Waals surface area contributed by atoms with Gasteiger partial charge in [0.15, 0.2) is 12.4 Å². The molecule has 5 nitrogen and oxygen atoms in total. The fourth-order valence-corrected chi connectivity index (χ4v) is 2.06. The van der Waals surface area contributed by atoms with E-state index in [2.05, 4.69) is 0 Å². The molecule has 1 rings (SSSR count). The van der Waals surface area contributed by atoms with Gasteiger partial charge in [0.2, 0.25) is 0 Å². The van der Waals surface area contributed by atoms with Crippen LogP contribution in [0.4, 0.5) is 0 Å². The molecular weight excluding hydrogens is 276 g/mol. The lowest BCUT2D eigenvalue weighted by atomic mass is 10.0. The molecule has 0 heterocycles. The van der Waals surface area contributed by atoms with Gasteiger partial charge < -0.3 is 10.1 Å². The van der Waals surface area contributed by atoms with Crippen LogP contribution in [-0.4, -0.2) is 29.8 Å². The van der Waals surface area contributed by atoms with Crippen LogP contribution in [0, 0.1) is 22.7 Å². The lowest BCUT2D eigenvalue weighted by Gasteiger charge is -2.07. The van der Waals surface area contributed by atoms with Gasteiger partial charge in [-0.3, -0.25) is 9.59 Å². The van der Waals surface area contributed by atoms with E-state index in [0.29, 0.717) is 0 Å². The van der Waals surface area contributed by atoms with E-state index in [9.17, 15) is 9.59 Å². The first-order chi connectivity index (χ1) is 9.54. The number of thioether (sulfide) groups is 1. The first-order valence-corrected chi connectivity index (χ1v) is 6.84. The number of esters is 1. The van der Waals surface area contributed by atoms with Crippen molar-refractivity contribution in [3.8, 4) is 6.07 Å². The van der Waals surface area contributed by atoms with Crippen molar-refractivity contribution in [1.29, 1.82) is 10.7 Å². The van der Waals surface area contributed by atoms with E-state index in [4.69, 9.17) is 15.4 Å². The van der Waals surface area contributed by atoms with Gasteiger partial charge in [-0.1, -0.05) is 18.2 Å². The Kier molecular flexibility index (Phi) is 6.47. The van der Waals surface area contributed by atoms with Crippen LogP contribution in [0.1, 0.15) is 6.92 Å². The summed E-state index contributed by atoms with van der Waals surface area (Å²) in [6.07, 6.45) is 0. The van der Waals surface area contributed by atoms with Gasteiger partial charge in [-0.15, -0.1) is 11.8 Å². The van der Waals surface area contributed by atoms with Crippen molar-refractivity contribution in [2.75, 3.05) is 12.4 Å². The highest BCUT2D eigenvalue weighted by Crippen LogP contribution is 2.16. The number of hydrogen-bond donors (Lipinski definition) is 1. The monoisotopic (exact) mass is 290 g/mol. The Morgan fingerprint density at radius 2 is 2.05 bits per heavy atom. The van der Waals surface area contributed by atoms with E-state index in [0.717, 1.165) is 4.90 Å². The first kappa shape index (κ1) is 15.9. The highest BCUT2D eigenvalue weighted by atomic mass is 32.2. The Hall–Kier alpha value is -2.13. The van der Waals surface area contributed by atoms with Crippen LogP contribution in [0.15, 0.2) is 35.2 Å². The van der Waals surface area contributed by atoms with Crippen LogP contribution in [0.2, 0.25) is 0 Å². The molecule has 1 aromatic carbocycles. The highest BCUT2D eigenvalue weighted by Gasteiger charge is 2.21. The average molecular weight is 290 g/mol. The lowest BCUT2D eigenvalue weighted by Crippen LogP contribution is -2.26. The normalized spacial score (nSPS) is 11.2. The zero-order valence-corrected chi connectivity index (χ0v) is 11.8. The van der Waals surface area contributed by atoms with E-state index in [1.165, 1.54) is 18.7 Å². The number of ketones is 1. The number of nitriles is 1. The van der Waals surface area contributed by atoms with E-state index >= 15 is 0 Å². The van der Waals surface area contributed by atoms with Crippen LogP contribution in [0.3, 0.4) is 0 Å². The first-order valence-electron chi connectivity index (χ1n) is 5.85. The topological polar surface area (TPSA) is 91.0 Å². The van der Waals surface area contributed by atoms with Crippen LogP contribution >= 0.6 is 11.8 Å². The summed E-state index contributed by atoms with van der Waals surface area (Å²) in [7, 11) is 0. The Labute approximate surface area is 121 Å². The third-order valence-corrected chi connectivity index (χ3v) is 3.34. The number of nitrogens with one attached hydrogen (secondary N) is 1. The smallest absolute Gasteiger partial charge is 0.316 e. The molecule has 0 aliphatic heterocycles. The molecule has 1 aromatic rings. The number of nitrogens with zero attached hydrogens (tertiary/aromatic N) is 1. The number of hydrogen-bond acceptors (Lipinski definition) is 6. The highest BCUT2D eigenvalue weighted by molar-refractivity contribution is 8.00. The molecule has 6 heteroatoms. The maximum atomic E-state index is 11.5. The summed E-state index contributed by atoms with van der Waals surface area (Å²) >= 11 is 1.31. The minimum absolute atomic E-state index is 0.0489. The van der Waals surface area contributed by atoms with Gasteiger partial charge in [0.05, 0.1) is 11.8 Å². The van der Waals surface area contributed by atoms with Gasteiger partial charge in [-0.05, 0) is 19.1 Å². The SMILES string of the molecule is CC(=N)C(C#N)C(=O)COC(=O)CSc1ccccc1. The molecule has 0 radical (unpaired) electrons. The minimum atomic E-state index is -1.13. The molecule has 0 spiro atoms. The number of Topliss-reactive ketones (excluding diaryl/α,β-unsaturated/α-hetero) is 1. The molecular formula is C14H14N2O3S. The number of rotatable bonds is 7. The van der Waals surface area contributed by atoms with Gasteiger partial charge in [0.1, 0.15) is 5.92 Å². The van der Waals surface area contributed by atoms with Gasteiger partial charge in [-0.2, -0.15) is 5.26 Å². The van der Waals surface area contributed by atoms with Crippen molar-refractivity contribution >= 4 is 29.2 Å². The van der Waals surface area contributed by atoms with Crippen LogP contribution in [0.5, 0.6) is 0 Å². The Bertz CT molecular complexity index is 537. The van der Waals surface area contributed by atoms with Crippen molar-refractivity contribution in [2.45, 2.75) is 11.8 Å². The average Bonchev–Trinajstić information content (AvgIpc) is 2.44. The summed E-state index contributed by atoms with van der Waals surface area (Å²) in [6.45, 7) is 0.904. The molecule has 1 N–H and O–H groups in total. The largest absolute Gasteiger partial charge is 0.457 e. The van der Waals surface area contributed by atoms with E-state index < -0.39 is 24.3 Å². The molecule has 0 saturated heterocycles. The predicted molar refractivity (Wildman–Crippen MR) is 75.6 cm³/mol. The lowest BCUT2D eigenvalue weighted by molar-refractivity contribution is -0.145. The second-order valence-corrected chi connectivity index (χ2v) is 5.02. The van der Waals surface area contributed by atoms with E-state index in [1.807, 2.05) is 30.3 Å². The fraction of sp³-hybridized carbons (Fsp3) is 0.286. The second-order valence-electron chi connectivity index (χ2n) is 3.97. The van der Waals surface area contributed by atoms with E-state index in [1.54, 1.807) is 6.07 Å². The fourth-order valence-electron chi connectivity index (χ4n) is 1.35. The zero-order chi connectivity index (χ0) is 15.0. The van der Waals surface area contributed by atoms with Crippen molar-refractivity contribution in [3.05, 3.63) is 30.3 Å². The number of benzene rings is 1. The molecule has 104 valence electrons. The summed E-state index contributed by atoms with van der Waals surface area (Å²) in [5, 5.41) is 16.0. The Morgan fingerprint density at radius 3 is 2.60 bits per heavy atom. The molecule has 0 fully saturated rings. The van der Waals surface area contributed by atoms with Gasteiger partial charge in [0.25, 0.3) is 0 Å². The van der Waals surface area contributed by atoms with Gasteiger partial charge in [-0.25, -0.2) is 0 Å². The molecule has 1 unspecified atom stereocenters. The Morgan fingerprint density at radius 1 is 1.40 bits per heavy atom. The predicted octanol–water partition coefficient (Wildman–Crippen LogP) is 2.07. The maximum Gasteiger partial charge on any atom is 0.316 e. The Balaban J connectivity index is 2.35. The van der Waals surface area contributed by atoms with Gasteiger partial charge in [0, 0.05) is 10.6 Å². The molecule has 0 aromatic heterocycles. The summed E-state index contributed by atoms with van der Waals surface area (Å²) in [4.78, 5) is 23.9. The summed E-state index contributed by atoms with van der Waals surface area (Å²) < 4.78 is 4.80. The number of carbonyl (C=O) groups is 2. The molecule has 0 saturated carbocycles. The van der Waals surface area contributed by atoms with Crippen LogP contribution in [0.25, 0.3) is 0 Å². The minimum Gasteiger partial charge on any atom is -0.457 e. The summed E-state index contributed by atoms with van der Waals surface area (Å²) in [5.41, 5.74) is -0.0489. The van der Waals surface area contributed by atoms with Crippen molar-refractivity contribution in [1.82, 2.24) is 0 Å². The maximum absolute atomic E-state index is 11.5. The van der Waals surface area contributed by atoms with Crippen molar-refractivity contribution < 1.29 is 14.3 Å². The van der Waals surface area contributed by atoms with Crippen LogP contribution < -0.4 is 0 Å². The molecule has 0 aliphatic rings. The summed E-state index contributed by atoms with van der Waals surface area (Å²) in [6, 6.07) is 11.1. The number of carbonyl (C=O) groups excluding carboxylic acids is 2.